The van der Waals surface area contributed by atoms with Crippen LogP contribution in [-0.4, -0.2) is 30.7 Å². The molecule has 1 amide bonds. The number of halogens is 1. The molecule has 2 aromatic rings. The molecule has 132 valence electrons. The molecule has 2 aromatic carbocycles. The van der Waals surface area contributed by atoms with Gasteiger partial charge in [0.15, 0.2) is 18.1 Å². The van der Waals surface area contributed by atoms with Crippen LogP contribution < -0.4 is 14.8 Å². The Hall–Kier alpha value is -3.09. The van der Waals surface area contributed by atoms with E-state index in [0.29, 0.717) is 17.1 Å². The summed E-state index contributed by atoms with van der Waals surface area (Å²) < 4.78 is 23.5. The van der Waals surface area contributed by atoms with E-state index in [4.69, 9.17) is 14.6 Å². The minimum atomic E-state index is -1.08. The molecular weight excluding hydrogens is 329 g/mol. The first kappa shape index (κ1) is 18.3. The van der Waals surface area contributed by atoms with Crippen molar-refractivity contribution in [3.8, 4) is 11.5 Å². The minimum Gasteiger partial charge on any atom is -0.493 e. The molecule has 0 spiro atoms. The van der Waals surface area contributed by atoms with Gasteiger partial charge in [-0.25, -0.2) is 4.39 Å². The highest BCUT2D eigenvalue weighted by Crippen LogP contribution is 2.25. The lowest BCUT2D eigenvalue weighted by Gasteiger charge is -2.18. The summed E-state index contributed by atoms with van der Waals surface area (Å²) in [5, 5.41) is 11.6. The molecule has 7 heteroatoms. The summed E-state index contributed by atoms with van der Waals surface area (Å²) in [6, 6.07) is 11.4. The summed E-state index contributed by atoms with van der Waals surface area (Å²) in [5.41, 5.74) is 0.495. The molecule has 0 saturated carbocycles. The average molecular weight is 347 g/mol. The maximum atomic E-state index is 13.0. The van der Waals surface area contributed by atoms with Crippen molar-refractivity contribution in [1.29, 1.82) is 0 Å². The van der Waals surface area contributed by atoms with Gasteiger partial charge in [-0.1, -0.05) is 24.3 Å². The van der Waals surface area contributed by atoms with Crippen molar-refractivity contribution in [2.24, 2.45) is 0 Å². The van der Waals surface area contributed by atoms with Crippen LogP contribution in [-0.2, 0) is 9.59 Å². The molecule has 0 heterocycles. The van der Waals surface area contributed by atoms with Crippen molar-refractivity contribution in [2.75, 3.05) is 13.7 Å². The molecule has 0 aliphatic carbocycles. The number of carbonyl (C=O) groups excluding carboxylic acids is 1. The fourth-order valence-electron chi connectivity index (χ4n) is 2.24. The Balaban J connectivity index is 2.01. The monoisotopic (exact) mass is 347 g/mol. The smallest absolute Gasteiger partial charge is 0.305 e. The van der Waals surface area contributed by atoms with Crippen LogP contribution in [0.3, 0.4) is 0 Å². The van der Waals surface area contributed by atoms with E-state index in [1.54, 1.807) is 24.3 Å². The zero-order chi connectivity index (χ0) is 18.2. The fraction of sp³-hybridized carbons (Fsp3) is 0.222. The van der Waals surface area contributed by atoms with Crippen molar-refractivity contribution in [3.63, 3.8) is 0 Å². The van der Waals surface area contributed by atoms with E-state index in [1.165, 1.54) is 31.4 Å². The molecule has 1 atom stereocenters. The SMILES string of the molecule is COc1ccccc1OCC(=O)NC(CC(=O)O)c1ccc(F)cc1. The number of rotatable bonds is 8. The number of carboxylic acid groups (broad SMARTS) is 1. The van der Waals surface area contributed by atoms with Crippen LogP contribution in [0.5, 0.6) is 11.5 Å². The zero-order valence-electron chi connectivity index (χ0n) is 13.6. The predicted octanol–water partition coefficient (Wildman–Crippen LogP) is 2.55. The summed E-state index contributed by atoms with van der Waals surface area (Å²) in [7, 11) is 1.49. The van der Waals surface area contributed by atoms with Crippen molar-refractivity contribution < 1.29 is 28.6 Å². The third-order valence-electron chi connectivity index (χ3n) is 3.41. The fourth-order valence-corrected chi connectivity index (χ4v) is 2.24. The molecule has 0 fully saturated rings. The van der Waals surface area contributed by atoms with Crippen LogP contribution in [0.15, 0.2) is 48.5 Å². The molecule has 6 nitrogen and oxygen atoms in total. The number of hydrogen-bond acceptors (Lipinski definition) is 4. The Kier molecular flexibility index (Phi) is 6.33. The van der Waals surface area contributed by atoms with Gasteiger partial charge in [0.05, 0.1) is 19.6 Å². The molecule has 0 aliphatic heterocycles. The highest BCUT2D eigenvalue weighted by Gasteiger charge is 2.19. The molecule has 25 heavy (non-hydrogen) atoms. The van der Waals surface area contributed by atoms with E-state index >= 15 is 0 Å². The summed E-state index contributed by atoms with van der Waals surface area (Å²) >= 11 is 0. The number of para-hydroxylation sites is 2. The average Bonchev–Trinajstić information content (AvgIpc) is 2.60. The van der Waals surface area contributed by atoms with Gasteiger partial charge in [-0.15, -0.1) is 0 Å². The van der Waals surface area contributed by atoms with Crippen LogP contribution in [0, 0.1) is 5.82 Å². The number of carbonyl (C=O) groups is 2. The van der Waals surface area contributed by atoms with E-state index in [9.17, 15) is 14.0 Å². The number of amides is 1. The molecule has 2 rings (SSSR count). The Labute approximate surface area is 144 Å². The minimum absolute atomic E-state index is 0.308. The molecule has 0 aromatic heterocycles. The molecule has 2 N–H and O–H groups in total. The molecule has 0 aliphatic rings. The molecular formula is C18H18FNO5. The van der Waals surface area contributed by atoms with Crippen molar-refractivity contribution >= 4 is 11.9 Å². The lowest BCUT2D eigenvalue weighted by molar-refractivity contribution is -0.137. The summed E-state index contributed by atoms with van der Waals surface area (Å²) in [6.45, 7) is -0.308. The largest absolute Gasteiger partial charge is 0.493 e. The third-order valence-corrected chi connectivity index (χ3v) is 3.41. The van der Waals surface area contributed by atoms with Crippen LogP contribution in [0.4, 0.5) is 4.39 Å². The lowest BCUT2D eigenvalue weighted by Crippen LogP contribution is -2.33. The van der Waals surface area contributed by atoms with Crippen molar-refractivity contribution in [1.82, 2.24) is 5.32 Å². The molecule has 0 saturated heterocycles. The van der Waals surface area contributed by atoms with E-state index in [2.05, 4.69) is 5.32 Å². The Morgan fingerprint density at radius 1 is 1.12 bits per heavy atom. The molecule has 1 unspecified atom stereocenters. The number of hydrogen-bond donors (Lipinski definition) is 2. The maximum Gasteiger partial charge on any atom is 0.305 e. The van der Waals surface area contributed by atoms with Crippen LogP contribution in [0.2, 0.25) is 0 Å². The standard InChI is InChI=1S/C18H18FNO5/c1-24-15-4-2-3-5-16(15)25-11-17(21)20-14(10-18(22)23)12-6-8-13(19)9-7-12/h2-9,14H,10-11H2,1H3,(H,20,21)(H,22,23). The van der Waals surface area contributed by atoms with Gasteiger partial charge in [-0.2, -0.15) is 0 Å². The first-order valence-electron chi connectivity index (χ1n) is 7.52. The van der Waals surface area contributed by atoms with Gasteiger partial charge in [0.25, 0.3) is 5.91 Å². The zero-order valence-corrected chi connectivity index (χ0v) is 13.6. The number of benzene rings is 2. The van der Waals surface area contributed by atoms with Gasteiger partial charge in [0.1, 0.15) is 5.82 Å². The van der Waals surface area contributed by atoms with Gasteiger partial charge < -0.3 is 19.9 Å². The molecule has 0 bridgehead atoms. The number of ether oxygens (including phenoxy) is 2. The van der Waals surface area contributed by atoms with E-state index in [0.717, 1.165) is 0 Å². The van der Waals surface area contributed by atoms with Crippen molar-refractivity contribution in [2.45, 2.75) is 12.5 Å². The van der Waals surface area contributed by atoms with Gasteiger partial charge in [-0.3, -0.25) is 9.59 Å². The second-order valence-corrected chi connectivity index (χ2v) is 5.21. The second kappa shape index (κ2) is 8.68. The van der Waals surface area contributed by atoms with Gasteiger partial charge in [0, 0.05) is 0 Å². The Morgan fingerprint density at radius 2 is 1.76 bits per heavy atom. The van der Waals surface area contributed by atoms with Crippen molar-refractivity contribution in [3.05, 3.63) is 59.9 Å². The number of carboxylic acids is 1. The number of aliphatic carboxylic acids is 1. The van der Waals surface area contributed by atoms with Gasteiger partial charge >= 0.3 is 5.97 Å². The van der Waals surface area contributed by atoms with E-state index in [-0.39, 0.29) is 13.0 Å². The first-order chi connectivity index (χ1) is 12.0. The van der Waals surface area contributed by atoms with E-state index < -0.39 is 23.7 Å². The number of methoxy groups -OCH3 is 1. The predicted molar refractivity (Wildman–Crippen MR) is 88.0 cm³/mol. The summed E-state index contributed by atoms with van der Waals surface area (Å²) in [4.78, 5) is 23.1. The first-order valence-corrected chi connectivity index (χ1v) is 7.52. The quantitative estimate of drug-likeness (QED) is 0.767. The Morgan fingerprint density at radius 3 is 2.36 bits per heavy atom. The van der Waals surface area contributed by atoms with Crippen LogP contribution in [0.25, 0.3) is 0 Å². The van der Waals surface area contributed by atoms with Gasteiger partial charge in [0.2, 0.25) is 0 Å². The lowest BCUT2D eigenvalue weighted by atomic mass is 10.0. The van der Waals surface area contributed by atoms with Gasteiger partial charge in [-0.05, 0) is 29.8 Å². The summed E-state index contributed by atoms with van der Waals surface area (Å²) in [6.07, 6.45) is -0.327. The van der Waals surface area contributed by atoms with E-state index in [1.807, 2.05) is 0 Å². The van der Waals surface area contributed by atoms with Crippen LogP contribution >= 0.6 is 0 Å². The topological polar surface area (TPSA) is 84.9 Å². The Bertz CT molecular complexity index is 733. The normalized spacial score (nSPS) is 11.4. The highest BCUT2D eigenvalue weighted by atomic mass is 19.1. The third kappa shape index (κ3) is 5.49. The maximum absolute atomic E-state index is 13.0. The second-order valence-electron chi connectivity index (χ2n) is 5.21. The number of nitrogens with one attached hydrogen (secondary N) is 1. The summed E-state index contributed by atoms with van der Waals surface area (Å²) in [5.74, 6) is -1.14. The molecule has 0 radical (unpaired) electrons. The highest BCUT2D eigenvalue weighted by molar-refractivity contribution is 5.79. The van der Waals surface area contributed by atoms with Crippen LogP contribution in [0.1, 0.15) is 18.0 Å².